The maximum atomic E-state index is 6.61. The molecule has 1 atom stereocenters. The number of anilines is 12. The Labute approximate surface area is 730 Å². The van der Waals surface area contributed by atoms with E-state index < -0.39 is 0 Å². The van der Waals surface area contributed by atoms with Crippen LogP contribution in [0.3, 0.4) is 0 Å². The van der Waals surface area contributed by atoms with Gasteiger partial charge in [0, 0.05) is 127 Å². The van der Waals surface area contributed by atoms with E-state index in [0.717, 1.165) is 158 Å². The largest absolute Gasteiger partial charge is 0.484 e. The Bertz CT molecular complexity index is 7250. The molecule has 0 amide bonds. The van der Waals surface area contributed by atoms with E-state index in [0.29, 0.717) is 0 Å². The van der Waals surface area contributed by atoms with Crippen LogP contribution in [0.25, 0.3) is 125 Å². The number of allylic oxidation sites excluding steroid dienone is 2. The molecule has 22 rings (SSSR count). The zero-order valence-corrected chi connectivity index (χ0v) is 69.3. The lowest BCUT2D eigenvalue weighted by atomic mass is 9.94. The molecule has 0 radical (unpaired) electrons. The summed E-state index contributed by atoms with van der Waals surface area (Å²) in [6.07, 6.45) is 7.49. The molecule has 0 bridgehead atoms. The first-order valence-electron chi connectivity index (χ1n) is 42.2. The van der Waals surface area contributed by atoms with E-state index in [9.17, 15) is 0 Å². The maximum absolute atomic E-state index is 6.61. The van der Waals surface area contributed by atoms with Gasteiger partial charge in [-0.1, -0.05) is 291 Å². The van der Waals surface area contributed by atoms with Crippen LogP contribution in [0, 0.1) is 0 Å². The van der Waals surface area contributed by atoms with E-state index >= 15 is 0 Å². The molecule has 20 aromatic rings. The van der Waals surface area contributed by atoms with Crippen LogP contribution in [-0.4, -0.2) is 6.10 Å². The fourth-order valence-electron chi connectivity index (χ4n) is 17.6. The van der Waals surface area contributed by atoms with Crippen LogP contribution in [0.15, 0.2) is 472 Å². The second-order valence-electron chi connectivity index (χ2n) is 31.4. The van der Waals surface area contributed by atoms with Gasteiger partial charge in [-0.15, -0.1) is 22.7 Å². The third-order valence-corrected chi connectivity index (χ3v) is 26.3. The molecule has 588 valence electrons. The monoisotopic (exact) mass is 1620 g/mol. The minimum Gasteiger partial charge on any atom is -0.484 e. The SMILES string of the molecule is C1=CCC2Oc3c(cccc3-c3ccc(N(c4ccccc4)c4ccc(-c5ccc(N(c6ccc(-c7ccc(N(c8ccc(-c9ccc(N(c%10ccccc%10)c%10ccc(-c%11cccc%12c%11oc%11ccccc%11%12)cc%10)cc9)cc8)c8ccc(-c9ccc(-c%10ccccc%10)s9)cc8)cc7)cc6)c6ccc(-c7ccc(-c8ccccc8)s7)cc6)cc5)cc4)cc3)C2=C1. The number of para-hydroxylation sites is 5. The first-order chi connectivity index (χ1) is 61.4. The Morgan fingerprint density at radius 2 is 0.492 bits per heavy atom. The molecule has 0 saturated carbocycles. The topological polar surface area (TPSA) is 35.3 Å². The fraction of sp³-hybridized carbons (Fsp3) is 0.0172. The van der Waals surface area contributed by atoms with Gasteiger partial charge in [-0.2, -0.15) is 0 Å². The van der Waals surface area contributed by atoms with E-state index in [1.165, 1.54) is 52.9 Å². The second kappa shape index (κ2) is 32.9. The van der Waals surface area contributed by atoms with Gasteiger partial charge < -0.3 is 28.8 Å². The van der Waals surface area contributed by atoms with E-state index in [1.54, 1.807) is 0 Å². The molecule has 1 unspecified atom stereocenters. The van der Waals surface area contributed by atoms with Gasteiger partial charge in [-0.05, 0) is 243 Å². The minimum absolute atomic E-state index is 0.0699. The summed E-state index contributed by atoms with van der Waals surface area (Å²) in [5.74, 6) is 0.970. The van der Waals surface area contributed by atoms with Gasteiger partial charge in [0.1, 0.15) is 23.0 Å². The standard InChI is InChI=1S/C116H80N4O2S2/c1-5-19-87(20-6-1)111-75-77-113(123-111)89-51-71-101(72-52-89)119(95-59-39-81(40-60-95)79-35-55-93(56-36-79)117(91-23-9-3-10-24-91)99-67-47-85(48-68-99)103-29-17-31-107-105-27-13-15-33-109(105)121-115(103)107)97-63-43-83(44-64-97)84-45-65-98(66-46-84)120(102-73-53-90(54-74-102)114-78-76-112(124-114)88-21-7-2-8-22-88)96-61-41-82(42-62-96)80-37-57-94(58-38-80)118(92-25-11-4-12-26-92)100-69-49-86(50-70-100)104-30-18-32-108-106-28-14-16-34-110(106)122-116(104)108/h1-33,35-78,110H,34H2. The maximum Gasteiger partial charge on any atom is 0.143 e. The highest BCUT2D eigenvalue weighted by atomic mass is 32.1. The summed E-state index contributed by atoms with van der Waals surface area (Å²) in [5, 5.41) is 2.25. The smallest absolute Gasteiger partial charge is 0.143 e. The van der Waals surface area contributed by atoms with Crippen LogP contribution in [-0.2, 0) is 0 Å². The molecular weight excluding hydrogens is 1550 g/mol. The van der Waals surface area contributed by atoms with Crippen molar-refractivity contribution in [1.29, 1.82) is 0 Å². The molecule has 8 heteroatoms. The predicted molar refractivity (Wildman–Crippen MR) is 523 cm³/mol. The summed E-state index contributed by atoms with van der Waals surface area (Å²) >= 11 is 3.64. The predicted octanol–water partition coefficient (Wildman–Crippen LogP) is 33.7. The van der Waals surface area contributed by atoms with Gasteiger partial charge >= 0.3 is 0 Å². The normalized spacial score (nSPS) is 12.6. The average Bonchev–Trinajstić information content (AvgIpc) is 1.25. The third-order valence-electron chi connectivity index (χ3n) is 23.9. The summed E-state index contributed by atoms with van der Waals surface area (Å²) < 4.78 is 13.1. The number of hydrogen-bond acceptors (Lipinski definition) is 8. The first-order valence-corrected chi connectivity index (χ1v) is 43.8. The lowest BCUT2D eigenvalue weighted by Crippen LogP contribution is -2.12. The molecule has 17 aromatic carbocycles. The molecular formula is C116H80N4O2S2. The van der Waals surface area contributed by atoms with Crippen molar-refractivity contribution >= 4 is 118 Å². The van der Waals surface area contributed by atoms with E-state index in [1.807, 2.05) is 34.8 Å². The van der Waals surface area contributed by atoms with Crippen molar-refractivity contribution in [3.63, 3.8) is 0 Å². The highest BCUT2D eigenvalue weighted by molar-refractivity contribution is 7.19. The summed E-state index contributed by atoms with van der Waals surface area (Å²) in [6, 6.07) is 162. The van der Waals surface area contributed by atoms with E-state index in [-0.39, 0.29) is 6.10 Å². The summed E-state index contributed by atoms with van der Waals surface area (Å²) in [6.45, 7) is 0. The van der Waals surface area contributed by atoms with Crippen LogP contribution in [0.5, 0.6) is 5.75 Å². The van der Waals surface area contributed by atoms with E-state index in [4.69, 9.17) is 9.15 Å². The Hall–Kier alpha value is -15.6. The molecule has 1 aliphatic heterocycles. The molecule has 4 heterocycles. The lowest BCUT2D eigenvalue weighted by Gasteiger charge is -2.27. The van der Waals surface area contributed by atoms with Gasteiger partial charge in [-0.3, -0.25) is 0 Å². The Kier molecular flexibility index (Phi) is 19.8. The Morgan fingerprint density at radius 1 is 0.218 bits per heavy atom. The van der Waals surface area contributed by atoms with E-state index in [2.05, 4.69) is 475 Å². The molecule has 124 heavy (non-hydrogen) atoms. The molecule has 0 N–H and O–H groups in total. The molecule has 0 saturated heterocycles. The number of hydrogen-bond donors (Lipinski definition) is 0. The van der Waals surface area contributed by atoms with Crippen LogP contribution < -0.4 is 24.3 Å². The number of fused-ring (bicyclic) bond motifs is 6. The van der Waals surface area contributed by atoms with Crippen LogP contribution in [0.2, 0.25) is 0 Å². The van der Waals surface area contributed by atoms with Gasteiger partial charge in [-0.25, -0.2) is 0 Å². The number of nitrogens with zero attached hydrogens (tertiary/aromatic N) is 4. The Balaban J connectivity index is 0.548. The van der Waals surface area contributed by atoms with Crippen molar-refractivity contribution < 1.29 is 9.15 Å². The first kappa shape index (κ1) is 74.7. The zero-order valence-electron chi connectivity index (χ0n) is 67.7. The highest BCUT2D eigenvalue weighted by Crippen LogP contribution is 2.50. The van der Waals surface area contributed by atoms with Crippen molar-refractivity contribution in [3.05, 3.63) is 473 Å². The van der Waals surface area contributed by atoms with Gasteiger partial charge in [0.15, 0.2) is 0 Å². The molecule has 3 aromatic heterocycles. The van der Waals surface area contributed by atoms with Crippen molar-refractivity contribution in [3.8, 4) is 103 Å². The molecule has 6 nitrogen and oxygen atoms in total. The van der Waals surface area contributed by atoms with Crippen LogP contribution >= 0.6 is 22.7 Å². The summed E-state index contributed by atoms with van der Waals surface area (Å²) in [5.41, 5.74) is 33.0. The number of furan rings is 1. The molecule has 0 fully saturated rings. The van der Waals surface area contributed by atoms with Crippen LogP contribution in [0.4, 0.5) is 68.2 Å². The summed E-state index contributed by atoms with van der Waals surface area (Å²) in [7, 11) is 0. The lowest BCUT2D eigenvalue weighted by molar-refractivity contribution is 0.280. The third kappa shape index (κ3) is 14.6. The molecule has 2 aliphatic rings. The highest BCUT2D eigenvalue weighted by Gasteiger charge is 2.31. The number of thiophene rings is 2. The number of benzene rings is 17. The number of rotatable bonds is 21. The number of ether oxygens (including phenoxy) is 1. The van der Waals surface area contributed by atoms with Crippen molar-refractivity contribution in [1.82, 2.24) is 0 Å². The van der Waals surface area contributed by atoms with Crippen molar-refractivity contribution in [2.24, 2.45) is 0 Å². The van der Waals surface area contributed by atoms with Gasteiger partial charge in [0.25, 0.3) is 0 Å². The van der Waals surface area contributed by atoms with Crippen molar-refractivity contribution in [2.75, 3.05) is 19.6 Å². The molecule has 1 aliphatic carbocycles. The molecule has 0 spiro atoms. The van der Waals surface area contributed by atoms with Crippen LogP contribution in [0.1, 0.15) is 12.0 Å². The summed E-state index contributed by atoms with van der Waals surface area (Å²) in [4.78, 5) is 14.3. The quantitative estimate of drug-likeness (QED) is 0.0713. The van der Waals surface area contributed by atoms with Crippen molar-refractivity contribution in [2.45, 2.75) is 12.5 Å². The Morgan fingerprint density at radius 3 is 0.863 bits per heavy atom. The van der Waals surface area contributed by atoms with Gasteiger partial charge in [0.05, 0.1) is 0 Å². The zero-order chi connectivity index (χ0) is 82.2. The second-order valence-corrected chi connectivity index (χ2v) is 33.6. The van der Waals surface area contributed by atoms with Gasteiger partial charge in [0.2, 0.25) is 0 Å². The minimum atomic E-state index is 0.0699. The average molecular weight is 1630 g/mol. The fourth-order valence-corrected chi connectivity index (χ4v) is 19.6.